The fraction of sp³-hybridized carbons (Fsp3) is 0.467. The van der Waals surface area contributed by atoms with Gasteiger partial charge in [-0.25, -0.2) is 0 Å². The average molecular weight is 275 g/mol. The van der Waals surface area contributed by atoms with E-state index in [-0.39, 0.29) is 0 Å². The molecule has 1 atom stereocenters. The van der Waals surface area contributed by atoms with E-state index < -0.39 is 6.10 Å². The van der Waals surface area contributed by atoms with E-state index >= 15 is 0 Å². The van der Waals surface area contributed by atoms with Crippen molar-refractivity contribution in [1.82, 2.24) is 15.5 Å². The first-order valence-electron chi connectivity index (χ1n) is 6.88. The van der Waals surface area contributed by atoms with Gasteiger partial charge in [-0.15, -0.1) is 0 Å². The minimum atomic E-state index is -0.532. The van der Waals surface area contributed by atoms with Gasteiger partial charge in [0.15, 0.2) is 5.82 Å². The van der Waals surface area contributed by atoms with E-state index in [9.17, 15) is 5.11 Å². The van der Waals surface area contributed by atoms with Gasteiger partial charge in [0.25, 0.3) is 0 Å². The Hall–Kier alpha value is -1.72. The second-order valence-corrected chi connectivity index (χ2v) is 5.33. The minimum absolute atomic E-state index is 0.456. The molecule has 108 valence electrons. The van der Waals surface area contributed by atoms with E-state index in [1.807, 2.05) is 12.1 Å². The lowest BCUT2D eigenvalue weighted by Gasteiger charge is -2.12. The van der Waals surface area contributed by atoms with E-state index in [1.165, 1.54) is 12.0 Å². The highest BCUT2D eigenvalue weighted by molar-refractivity contribution is 5.24. The number of hydrogen-bond donors (Lipinski definition) is 2. The molecule has 0 aliphatic rings. The molecule has 2 aromatic rings. The van der Waals surface area contributed by atoms with Crippen molar-refractivity contribution < 1.29 is 9.63 Å². The maximum atomic E-state index is 10.1. The van der Waals surface area contributed by atoms with E-state index in [4.69, 9.17) is 0 Å². The Morgan fingerprint density at radius 1 is 1.25 bits per heavy atom. The molecular formula is C15H21N3O2. The average Bonchev–Trinajstić information content (AvgIpc) is 2.92. The number of rotatable bonds is 7. The number of aliphatic hydroxyl groups excluding tert-OH is 1. The molecule has 0 amide bonds. The van der Waals surface area contributed by atoms with Crippen LogP contribution >= 0.6 is 0 Å². The maximum Gasteiger partial charge on any atom is 0.213 e. The highest BCUT2D eigenvalue weighted by Gasteiger charge is 2.08. The van der Waals surface area contributed by atoms with Gasteiger partial charge in [0, 0.05) is 6.54 Å². The lowest BCUT2D eigenvalue weighted by molar-refractivity contribution is 0.174. The third-order valence-electron chi connectivity index (χ3n) is 3.04. The second kappa shape index (κ2) is 7.17. The van der Waals surface area contributed by atoms with Crippen LogP contribution in [0.1, 0.15) is 36.9 Å². The van der Waals surface area contributed by atoms with Crippen molar-refractivity contribution in [3.05, 3.63) is 47.6 Å². The molecule has 1 aromatic carbocycles. The standard InChI is InChI=1S/C15H21N3O2/c1-11(2)7-12-3-5-13(6-4-12)14(19)8-16-9-15-17-10-20-18-15/h3-6,10-11,14,16,19H,7-9H2,1-2H3. The van der Waals surface area contributed by atoms with Crippen LogP contribution < -0.4 is 5.32 Å². The summed E-state index contributed by atoms with van der Waals surface area (Å²) in [6, 6.07) is 8.13. The van der Waals surface area contributed by atoms with E-state index in [2.05, 4.69) is 46.0 Å². The zero-order chi connectivity index (χ0) is 14.4. The molecule has 5 nitrogen and oxygen atoms in total. The first-order valence-corrected chi connectivity index (χ1v) is 6.88. The SMILES string of the molecule is CC(C)Cc1ccc(C(O)CNCc2ncon2)cc1. The number of aliphatic hydroxyl groups is 1. The largest absolute Gasteiger partial charge is 0.387 e. The summed E-state index contributed by atoms with van der Waals surface area (Å²) in [6.07, 6.45) is 1.82. The number of hydrogen-bond acceptors (Lipinski definition) is 5. The molecule has 2 rings (SSSR count). The molecule has 0 aliphatic carbocycles. The first-order chi connectivity index (χ1) is 9.65. The molecule has 0 saturated heterocycles. The van der Waals surface area contributed by atoms with E-state index in [0.29, 0.717) is 24.8 Å². The molecule has 20 heavy (non-hydrogen) atoms. The second-order valence-electron chi connectivity index (χ2n) is 5.33. The number of nitrogens with zero attached hydrogens (tertiary/aromatic N) is 2. The van der Waals surface area contributed by atoms with Crippen molar-refractivity contribution in [1.29, 1.82) is 0 Å². The summed E-state index contributed by atoms with van der Waals surface area (Å²) in [7, 11) is 0. The highest BCUT2D eigenvalue weighted by Crippen LogP contribution is 2.15. The molecule has 0 aliphatic heterocycles. The number of benzene rings is 1. The Bertz CT molecular complexity index is 494. The van der Waals surface area contributed by atoms with Gasteiger partial charge in [0.05, 0.1) is 12.6 Å². The third kappa shape index (κ3) is 4.43. The molecule has 2 N–H and O–H groups in total. The summed E-state index contributed by atoms with van der Waals surface area (Å²) in [6.45, 7) is 5.34. The Balaban J connectivity index is 1.81. The minimum Gasteiger partial charge on any atom is -0.387 e. The summed E-state index contributed by atoms with van der Waals surface area (Å²) < 4.78 is 4.64. The predicted octanol–water partition coefficient (Wildman–Crippen LogP) is 2.09. The van der Waals surface area contributed by atoms with Gasteiger partial charge in [-0.05, 0) is 23.5 Å². The smallest absolute Gasteiger partial charge is 0.213 e. The van der Waals surface area contributed by atoms with Gasteiger partial charge in [-0.1, -0.05) is 43.3 Å². The molecule has 0 bridgehead atoms. The molecular weight excluding hydrogens is 254 g/mol. The zero-order valence-electron chi connectivity index (χ0n) is 11.9. The van der Waals surface area contributed by atoms with Gasteiger partial charge >= 0.3 is 0 Å². The normalized spacial score (nSPS) is 12.8. The topological polar surface area (TPSA) is 71.2 Å². The summed E-state index contributed by atoms with van der Waals surface area (Å²) in [4.78, 5) is 3.90. The maximum absolute atomic E-state index is 10.1. The van der Waals surface area contributed by atoms with Crippen LogP contribution in [0.25, 0.3) is 0 Å². The van der Waals surface area contributed by atoms with Crippen molar-refractivity contribution in [2.75, 3.05) is 6.54 Å². The fourth-order valence-electron chi connectivity index (χ4n) is 2.06. The van der Waals surface area contributed by atoms with Crippen LogP contribution in [0.2, 0.25) is 0 Å². The van der Waals surface area contributed by atoms with Crippen LogP contribution in [0, 0.1) is 5.92 Å². The van der Waals surface area contributed by atoms with Crippen LogP contribution in [-0.2, 0) is 13.0 Å². The predicted molar refractivity (Wildman–Crippen MR) is 75.9 cm³/mol. The highest BCUT2D eigenvalue weighted by atomic mass is 16.5. The fourth-order valence-corrected chi connectivity index (χ4v) is 2.06. The van der Waals surface area contributed by atoms with Crippen molar-refractivity contribution in [3.63, 3.8) is 0 Å². The lowest BCUT2D eigenvalue weighted by atomic mass is 10.0. The lowest BCUT2D eigenvalue weighted by Crippen LogP contribution is -2.21. The first kappa shape index (κ1) is 14.7. The monoisotopic (exact) mass is 275 g/mol. The van der Waals surface area contributed by atoms with Crippen LogP contribution in [0.4, 0.5) is 0 Å². The summed E-state index contributed by atoms with van der Waals surface area (Å²) >= 11 is 0. The van der Waals surface area contributed by atoms with Gasteiger partial charge in [0.1, 0.15) is 0 Å². The van der Waals surface area contributed by atoms with Crippen LogP contribution in [-0.4, -0.2) is 21.8 Å². The molecule has 0 spiro atoms. The van der Waals surface area contributed by atoms with Crippen molar-refractivity contribution in [2.24, 2.45) is 5.92 Å². The Kier molecular flexibility index (Phi) is 5.26. The molecule has 1 heterocycles. The molecule has 5 heteroatoms. The summed E-state index contributed by atoms with van der Waals surface area (Å²) in [5, 5.41) is 16.9. The summed E-state index contributed by atoms with van der Waals surface area (Å²) in [5.41, 5.74) is 2.22. The van der Waals surface area contributed by atoms with Crippen LogP contribution in [0.3, 0.4) is 0 Å². The third-order valence-corrected chi connectivity index (χ3v) is 3.04. The van der Waals surface area contributed by atoms with Gasteiger partial charge in [-0.2, -0.15) is 4.98 Å². The number of aromatic nitrogens is 2. The number of nitrogens with one attached hydrogen (secondary N) is 1. The van der Waals surface area contributed by atoms with E-state index in [1.54, 1.807) is 0 Å². The Labute approximate surface area is 119 Å². The van der Waals surface area contributed by atoms with Gasteiger partial charge in [-0.3, -0.25) is 0 Å². The van der Waals surface area contributed by atoms with Crippen molar-refractivity contribution >= 4 is 0 Å². The molecule has 0 fully saturated rings. The van der Waals surface area contributed by atoms with Crippen molar-refractivity contribution in [3.8, 4) is 0 Å². The molecule has 1 aromatic heterocycles. The van der Waals surface area contributed by atoms with Crippen LogP contribution in [0.15, 0.2) is 35.2 Å². The quantitative estimate of drug-likeness (QED) is 0.809. The van der Waals surface area contributed by atoms with Gasteiger partial charge < -0.3 is 14.9 Å². The summed E-state index contributed by atoms with van der Waals surface area (Å²) in [5.74, 6) is 1.23. The van der Waals surface area contributed by atoms with Crippen molar-refractivity contribution in [2.45, 2.75) is 32.9 Å². The zero-order valence-corrected chi connectivity index (χ0v) is 11.9. The van der Waals surface area contributed by atoms with Gasteiger partial charge in [0.2, 0.25) is 6.39 Å². The molecule has 1 unspecified atom stereocenters. The molecule has 0 radical (unpaired) electrons. The Morgan fingerprint density at radius 3 is 2.60 bits per heavy atom. The van der Waals surface area contributed by atoms with Crippen LogP contribution in [0.5, 0.6) is 0 Å². The molecule has 0 saturated carbocycles. The van der Waals surface area contributed by atoms with E-state index in [0.717, 1.165) is 12.0 Å². The Morgan fingerprint density at radius 2 is 2.00 bits per heavy atom.